The van der Waals surface area contributed by atoms with Crippen LogP contribution in [0.3, 0.4) is 0 Å². The number of hydrogen-bond acceptors (Lipinski definition) is 4. The molecule has 3 rings (SSSR count). The first kappa shape index (κ1) is 21.1. The third-order valence-electron chi connectivity index (χ3n) is 5.39. The van der Waals surface area contributed by atoms with E-state index in [-0.39, 0.29) is 0 Å². The molecular weight excluding hydrogens is 354 g/mol. The number of rotatable bonds is 9. The van der Waals surface area contributed by atoms with E-state index in [0.717, 1.165) is 77.7 Å². The number of likely N-dealkylation sites (tertiary alicyclic amines) is 1. The molecule has 1 N–H and O–H groups in total. The minimum Gasteiger partial charge on any atom is -0.381 e. The number of hydrogen-bond donors (Lipinski definition) is 1. The molecule has 0 spiro atoms. The van der Waals surface area contributed by atoms with Crippen molar-refractivity contribution in [2.24, 2.45) is 10.9 Å². The molecule has 0 amide bonds. The Morgan fingerprint density at radius 2 is 2.04 bits per heavy atom. The topological polar surface area (TPSA) is 55.3 Å². The zero-order valence-electron chi connectivity index (χ0n) is 17.1. The van der Waals surface area contributed by atoms with Gasteiger partial charge in [0.15, 0.2) is 5.96 Å². The van der Waals surface area contributed by atoms with Crippen molar-refractivity contribution in [3.8, 4) is 0 Å². The average molecular weight is 390 g/mol. The molecule has 1 aromatic carbocycles. The van der Waals surface area contributed by atoms with Gasteiger partial charge in [-0.15, -0.1) is 0 Å². The van der Waals surface area contributed by atoms with Crippen LogP contribution in [0.15, 0.2) is 35.3 Å². The Hall–Kier alpha value is -1.63. The molecule has 0 bridgehead atoms. The van der Waals surface area contributed by atoms with E-state index in [2.05, 4.69) is 39.5 Å². The largest absolute Gasteiger partial charge is 0.381 e. The van der Waals surface area contributed by atoms with Gasteiger partial charge in [-0.3, -0.25) is 4.99 Å². The summed E-state index contributed by atoms with van der Waals surface area (Å²) in [7, 11) is 1.86. The van der Waals surface area contributed by atoms with Crippen LogP contribution in [-0.4, -0.2) is 70.1 Å². The molecule has 2 fully saturated rings. The maximum absolute atomic E-state index is 5.93. The average Bonchev–Trinajstić information content (AvgIpc) is 3.21. The third kappa shape index (κ3) is 7.08. The van der Waals surface area contributed by atoms with Gasteiger partial charge in [-0.05, 0) is 31.2 Å². The second-order valence-corrected chi connectivity index (χ2v) is 7.61. The minimum atomic E-state index is 0.378. The first-order valence-corrected chi connectivity index (χ1v) is 10.6. The van der Waals surface area contributed by atoms with Gasteiger partial charge < -0.3 is 24.4 Å². The van der Waals surface area contributed by atoms with Crippen molar-refractivity contribution in [2.45, 2.75) is 38.4 Å². The summed E-state index contributed by atoms with van der Waals surface area (Å²) in [6.45, 7) is 6.90. The van der Waals surface area contributed by atoms with E-state index in [0.29, 0.717) is 18.6 Å². The van der Waals surface area contributed by atoms with Gasteiger partial charge in [0, 0.05) is 52.4 Å². The van der Waals surface area contributed by atoms with Gasteiger partial charge in [-0.2, -0.15) is 0 Å². The first-order valence-electron chi connectivity index (χ1n) is 10.6. The maximum Gasteiger partial charge on any atom is 0.193 e. The molecule has 1 aromatic rings. The molecule has 0 aromatic heterocycles. The molecule has 0 aliphatic carbocycles. The molecule has 28 heavy (non-hydrogen) atoms. The van der Waals surface area contributed by atoms with Crippen LogP contribution in [0.4, 0.5) is 0 Å². The fourth-order valence-corrected chi connectivity index (χ4v) is 3.78. The van der Waals surface area contributed by atoms with Crippen molar-refractivity contribution in [3.63, 3.8) is 0 Å². The van der Waals surface area contributed by atoms with Crippen molar-refractivity contribution in [1.82, 2.24) is 10.2 Å². The van der Waals surface area contributed by atoms with Crippen LogP contribution in [0.1, 0.15) is 31.2 Å². The Kier molecular flexibility index (Phi) is 9.07. The van der Waals surface area contributed by atoms with Gasteiger partial charge in [0.2, 0.25) is 0 Å². The predicted octanol–water partition coefficient (Wildman–Crippen LogP) is 2.69. The fourth-order valence-electron chi connectivity index (χ4n) is 3.78. The molecule has 0 saturated carbocycles. The van der Waals surface area contributed by atoms with Crippen LogP contribution in [0.2, 0.25) is 0 Å². The summed E-state index contributed by atoms with van der Waals surface area (Å²) in [6.07, 6.45) is 4.58. The molecule has 1 unspecified atom stereocenters. The maximum atomic E-state index is 5.93. The summed E-state index contributed by atoms with van der Waals surface area (Å²) in [4.78, 5) is 6.80. The second kappa shape index (κ2) is 12.0. The normalized spacial score (nSPS) is 21.2. The third-order valence-corrected chi connectivity index (χ3v) is 5.39. The van der Waals surface area contributed by atoms with Crippen molar-refractivity contribution in [1.29, 1.82) is 0 Å². The van der Waals surface area contributed by atoms with E-state index in [1.54, 1.807) is 0 Å². The summed E-state index contributed by atoms with van der Waals surface area (Å²) in [5, 5.41) is 3.48. The number of benzene rings is 1. The van der Waals surface area contributed by atoms with E-state index in [4.69, 9.17) is 14.2 Å². The van der Waals surface area contributed by atoms with E-state index in [9.17, 15) is 0 Å². The molecular formula is C22H35N3O3. The molecule has 156 valence electrons. The lowest BCUT2D eigenvalue weighted by atomic mass is 10.1. The molecule has 2 aliphatic rings. The summed E-state index contributed by atoms with van der Waals surface area (Å²) in [5.74, 6) is 1.57. The van der Waals surface area contributed by atoms with E-state index in [1.807, 2.05) is 13.1 Å². The highest BCUT2D eigenvalue weighted by Crippen LogP contribution is 2.17. The zero-order valence-corrected chi connectivity index (χ0v) is 17.1. The molecule has 1 atom stereocenters. The predicted molar refractivity (Wildman–Crippen MR) is 112 cm³/mol. The SMILES string of the molecule is CN=C(NCCCOC1CCOCC1)N1CCC(COCc2ccccc2)C1. The smallest absolute Gasteiger partial charge is 0.193 e. The number of guanidine groups is 1. The van der Waals surface area contributed by atoms with Crippen molar-refractivity contribution >= 4 is 5.96 Å². The molecule has 2 aliphatic heterocycles. The van der Waals surface area contributed by atoms with E-state index < -0.39 is 0 Å². The van der Waals surface area contributed by atoms with Gasteiger partial charge in [0.1, 0.15) is 0 Å². The summed E-state index contributed by atoms with van der Waals surface area (Å²) < 4.78 is 17.2. The highest BCUT2D eigenvalue weighted by Gasteiger charge is 2.24. The Labute approximate surface area is 169 Å². The fraction of sp³-hybridized carbons (Fsp3) is 0.682. The van der Waals surface area contributed by atoms with Crippen LogP contribution in [0.25, 0.3) is 0 Å². The molecule has 6 nitrogen and oxygen atoms in total. The van der Waals surface area contributed by atoms with E-state index in [1.165, 1.54) is 5.56 Å². The number of ether oxygens (including phenoxy) is 3. The lowest BCUT2D eigenvalue weighted by Gasteiger charge is -2.23. The summed E-state index contributed by atoms with van der Waals surface area (Å²) in [6, 6.07) is 10.4. The summed E-state index contributed by atoms with van der Waals surface area (Å²) >= 11 is 0. The zero-order chi connectivity index (χ0) is 19.4. The Bertz CT molecular complexity index is 576. The van der Waals surface area contributed by atoms with Crippen molar-refractivity contribution in [2.75, 3.05) is 53.1 Å². The van der Waals surface area contributed by atoms with Gasteiger partial charge in [0.25, 0.3) is 0 Å². The number of nitrogens with zero attached hydrogens (tertiary/aromatic N) is 2. The van der Waals surface area contributed by atoms with Crippen molar-refractivity contribution in [3.05, 3.63) is 35.9 Å². The molecule has 2 saturated heterocycles. The molecule has 6 heteroatoms. The van der Waals surface area contributed by atoms with Crippen LogP contribution in [0.5, 0.6) is 0 Å². The first-order chi connectivity index (χ1) is 13.8. The van der Waals surface area contributed by atoms with Crippen LogP contribution >= 0.6 is 0 Å². The van der Waals surface area contributed by atoms with Gasteiger partial charge in [-0.1, -0.05) is 30.3 Å². The Morgan fingerprint density at radius 1 is 1.21 bits per heavy atom. The number of nitrogens with one attached hydrogen (secondary N) is 1. The van der Waals surface area contributed by atoms with Crippen LogP contribution in [-0.2, 0) is 20.8 Å². The minimum absolute atomic E-state index is 0.378. The quantitative estimate of drug-likeness (QED) is 0.400. The van der Waals surface area contributed by atoms with Gasteiger partial charge in [-0.25, -0.2) is 0 Å². The number of aliphatic imine (C=N–C) groups is 1. The van der Waals surface area contributed by atoms with Gasteiger partial charge >= 0.3 is 0 Å². The molecule has 0 radical (unpaired) electrons. The Balaban J connectivity index is 1.27. The van der Waals surface area contributed by atoms with Crippen LogP contribution in [0, 0.1) is 5.92 Å². The Morgan fingerprint density at radius 3 is 2.82 bits per heavy atom. The standard InChI is InChI=1S/C22H35N3O3/c1-23-22(24-11-5-13-28-21-9-14-26-15-10-21)25-12-8-20(16-25)18-27-17-19-6-3-2-4-7-19/h2-4,6-7,20-21H,5,8-18H2,1H3,(H,23,24). The second-order valence-electron chi connectivity index (χ2n) is 7.61. The molecule has 2 heterocycles. The lowest BCUT2D eigenvalue weighted by molar-refractivity contribution is -0.0320. The van der Waals surface area contributed by atoms with E-state index >= 15 is 0 Å². The van der Waals surface area contributed by atoms with Crippen molar-refractivity contribution < 1.29 is 14.2 Å². The monoisotopic (exact) mass is 389 g/mol. The van der Waals surface area contributed by atoms with Crippen LogP contribution < -0.4 is 5.32 Å². The highest BCUT2D eigenvalue weighted by molar-refractivity contribution is 5.80. The summed E-state index contributed by atoms with van der Waals surface area (Å²) in [5.41, 5.74) is 1.23. The lowest BCUT2D eigenvalue weighted by Crippen LogP contribution is -2.41. The highest BCUT2D eigenvalue weighted by atomic mass is 16.5. The van der Waals surface area contributed by atoms with Gasteiger partial charge in [0.05, 0.1) is 19.3 Å².